The van der Waals surface area contributed by atoms with Crippen molar-refractivity contribution in [3.8, 4) is 0 Å². The first kappa shape index (κ1) is 6.35. The number of hydrogen-bond acceptors (Lipinski definition) is 2. The van der Waals surface area contributed by atoms with Crippen LogP contribution >= 0.6 is 0 Å². The summed E-state index contributed by atoms with van der Waals surface area (Å²) in [5.41, 5.74) is 5.45. The quantitative estimate of drug-likeness (QED) is 0.458. The van der Waals surface area contributed by atoms with Crippen molar-refractivity contribution in [2.24, 2.45) is 5.73 Å². The van der Waals surface area contributed by atoms with Crippen molar-refractivity contribution in [2.45, 2.75) is 24.9 Å². The van der Waals surface area contributed by atoms with E-state index in [2.05, 4.69) is 5.32 Å². The van der Waals surface area contributed by atoms with Gasteiger partial charge in [-0.05, 0) is 12.8 Å². The fraction of sp³-hybridized carbons (Fsp3) is 0.800. The van der Waals surface area contributed by atoms with Crippen LogP contribution in [-0.2, 0) is 0 Å². The van der Waals surface area contributed by atoms with Crippen LogP contribution in [-0.4, -0.2) is 23.3 Å². The Hall–Kier alpha value is -0.770. The second-order valence-corrected chi connectivity index (χ2v) is 2.30. The standard InChI is InChI=1S/C5H10N2O2/c6-3-1-2-4(3)7-5(8)9/h3-4,7H,1-2,6H2,(H,8,9). The summed E-state index contributed by atoms with van der Waals surface area (Å²) in [4.78, 5) is 9.98. The van der Waals surface area contributed by atoms with Gasteiger partial charge in [-0.15, -0.1) is 0 Å². The van der Waals surface area contributed by atoms with Gasteiger partial charge in [-0.25, -0.2) is 4.79 Å². The third-order valence-electron chi connectivity index (χ3n) is 1.64. The number of rotatable bonds is 1. The Morgan fingerprint density at radius 1 is 1.67 bits per heavy atom. The van der Waals surface area contributed by atoms with Crippen molar-refractivity contribution < 1.29 is 9.90 Å². The minimum atomic E-state index is -0.977. The lowest BCUT2D eigenvalue weighted by Gasteiger charge is -2.32. The Kier molecular flexibility index (Phi) is 1.57. The molecule has 0 spiro atoms. The molecule has 2 unspecified atom stereocenters. The second kappa shape index (κ2) is 2.23. The lowest BCUT2D eigenvalue weighted by atomic mass is 9.87. The minimum Gasteiger partial charge on any atom is -0.465 e. The Balaban J connectivity index is 2.21. The van der Waals surface area contributed by atoms with E-state index in [4.69, 9.17) is 10.8 Å². The van der Waals surface area contributed by atoms with Crippen molar-refractivity contribution in [3.63, 3.8) is 0 Å². The molecule has 0 aromatic carbocycles. The minimum absolute atomic E-state index is 0.00231. The molecule has 1 amide bonds. The molecular weight excluding hydrogens is 120 g/mol. The molecule has 1 aliphatic rings. The molecule has 0 bridgehead atoms. The van der Waals surface area contributed by atoms with Gasteiger partial charge in [0.1, 0.15) is 0 Å². The second-order valence-electron chi connectivity index (χ2n) is 2.30. The molecule has 0 aromatic heterocycles. The summed E-state index contributed by atoms with van der Waals surface area (Å²) in [6, 6.07) is 0.0450. The van der Waals surface area contributed by atoms with Crippen molar-refractivity contribution >= 4 is 6.09 Å². The third kappa shape index (κ3) is 1.32. The number of carboxylic acid groups (broad SMARTS) is 1. The average molecular weight is 130 g/mol. The average Bonchev–Trinajstić information content (AvgIpc) is 1.79. The van der Waals surface area contributed by atoms with Gasteiger partial charge >= 0.3 is 6.09 Å². The van der Waals surface area contributed by atoms with Crippen molar-refractivity contribution in [3.05, 3.63) is 0 Å². The molecule has 1 fully saturated rings. The first-order valence-corrected chi connectivity index (χ1v) is 2.95. The predicted molar refractivity (Wildman–Crippen MR) is 32.2 cm³/mol. The van der Waals surface area contributed by atoms with Crippen LogP contribution in [0.2, 0.25) is 0 Å². The van der Waals surface area contributed by atoms with Crippen LogP contribution in [0.1, 0.15) is 12.8 Å². The maximum atomic E-state index is 9.98. The van der Waals surface area contributed by atoms with E-state index in [-0.39, 0.29) is 12.1 Å². The van der Waals surface area contributed by atoms with Crippen LogP contribution in [0.3, 0.4) is 0 Å². The van der Waals surface area contributed by atoms with E-state index in [0.29, 0.717) is 0 Å². The van der Waals surface area contributed by atoms with E-state index in [1.807, 2.05) is 0 Å². The molecule has 2 atom stereocenters. The first-order chi connectivity index (χ1) is 4.20. The van der Waals surface area contributed by atoms with Gasteiger partial charge in [0.15, 0.2) is 0 Å². The number of amides is 1. The van der Waals surface area contributed by atoms with Crippen LogP contribution in [0.4, 0.5) is 4.79 Å². The lowest BCUT2D eigenvalue weighted by molar-refractivity contribution is 0.176. The zero-order valence-corrected chi connectivity index (χ0v) is 5.00. The van der Waals surface area contributed by atoms with Gasteiger partial charge in [0.2, 0.25) is 0 Å². The van der Waals surface area contributed by atoms with E-state index < -0.39 is 6.09 Å². The van der Waals surface area contributed by atoms with Crippen molar-refractivity contribution in [1.82, 2.24) is 5.32 Å². The largest absolute Gasteiger partial charge is 0.465 e. The van der Waals surface area contributed by atoms with Gasteiger partial charge in [0.05, 0.1) is 0 Å². The normalized spacial score (nSPS) is 33.0. The number of carbonyl (C=O) groups is 1. The highest BCUT2D eigenvalue weighted by Crippen LogP contribution is 2.16. The van der Waals surface area contributed by atoms with Gasteiger partial charge in [-0.1, -0.05) is 0 Å². The smallest absolute Gasteiger partial charge is 0.404 e. The van der Waals surface area contributed by atoms with Gasteiger partial charge in [-0.3, -0.25) is 0 Å². The molecule has 0 aromatic rings. The summed E-state index contributed by atoms with van der Waals surface area (Å²) in [5, 5.41) is 10.5. The fourth-order valence-corrected chi connectivity index (χ4v) is 0.864. The van der Waals surface area contributed by atoms with Crippen molar-refractivity contribution in [2.75, 3.05) is 0 Å². The molecule has 1 saturated carbocycles. The molecule has 0 saturated heterocycles. The molecule has 1 rings (SSSR count). The summed E-state index contributed by atoms with van der Waals surface area (Å²) in [6.07, 6.45) is 0.841. The van der Waals surface area contributed by atoms with Crippen LogP contribution < -0.4 is 11.1 Å². The van der Waals surface area contributed by atoms with Gasteiger partial charge < -0.3 is 16.2 Å². The van der Waals surface area contributed by atoms with E-state index in [9.17, 15) is 4.79 Å². The first-order valence-electron chi connectivity index (χ1n) is 2.95. The van der Waals surface area contributed by atoms with Crippen LogP contribution in [0.15, 0.2) is 0 Å². The van der Waals surface area contributed by atoms with Gasteiger partial charge in [0.25, 0.3) is 0 Å². The maximum Gasteiger partial charge on any atom is 0.404 e. The summed E-state index contributed by atoms with van der Waals surface area (Å²) in [5.74, 6) is 0. The molecular formula is C5H10N2O2. The van der Waals surface area contributed by atoms with Crippen molar-refractivity contribution in [1.29, 1.82) is 0 Å². The number of nitrogens with one attached hydrogen (secondary N) is 1. The fourth-order valence-electron chi connectivity index (χ4n) is 0.864. The molecule has 0 heterocycles. The Morgan fingerprint density at radius 3 is 2.44 bits per heavy atom. The SMILES string of the molecule is NC1CCC1NC(=O)O. The zero-order chi connectivity index (χ0) is 6.85. The predicted octanol–water partition coefficient (Wildman–Crippen LogP) is -0.256. The van der Waals surface area contributed by atoms with Gasteiger partial charge in [0, 0.05) is 12.1 Å². The van der Waals surface area contributed by atoms with E-state index >= 15 is 0 Å². The Bertz CT molecular complexity index is 126. The molecule has 0 aliphatic heterocycles. The monoisotopic (exact) mass is 130 g/mol. The van der Waals surface area contributed by atoms with Crippen LogP contribution in [0.5, 0.6) is 0 Å². The zero-order valence-electron chi connectivity index (χ0n) is 5.00. The number of nitrogens with two attached hydrogens (primary N) is 1. The molecule has 9 heavy (non-hydrogen) atoms. The summed E-state index contributed by atoms with van der Waals surface area (Å²) >= 11 is 0. The summed E-state index contributed by atoms with van der Waals surface area (Å²) < 4.78 is 0. The van der Waals surface area contributed by atoms with E-state index in [1.165, 1.54) is 0 Å². The highest BCUT2D eigenvalue weighted by molar-refractivity contribution is 5.65. The summed E-state index contributed by atoms with van der Waals surface area (Å²) in [6.45, 7) is 0. The molecule has 4 nitrogen and oxygen atoms in total. The molecule has 52 valence electrons. The molecule has 1 aliphatic carbocycles. The summed E-state index contributed by atoms with van der Waals surface area (Å²) in [7, 11) is 0. The van der Waals surface area contributed by atoms with Crippen LogP contribution in [0.25, 0.3) is 0 Å². The van der Waals surface area contributed by atoms with E-state index in [1.54, 1.807) is 0 Å². The topological polar surface area (TPSA) is 75.3 Å². The molecule has 0 radical (unpaired) electrons. The Morgan fingerprint density at radius 2 is 2.33 bits per heavy atom. The third-order valence-corrected chi connectivity index (χ3v) is 1.64. The molecule has 4 heteroatoms. The lowest BCUT2D eigenvalue weighted by Crippen LogP contribution is -2.54. The molecule has 4 N–H and O–H groups in total. The maximum absolute atomic E-state index is 9.98. The van der Waals surface area contributed by atoms with Gasteiger partial charge in [-0.2, -0.15) is 0 Å². The van der Waals surface area contributed by atoms with Crippen LogP contribution in [0, 0.1) is 0 Å². The highest BCUT2D eigenvalue weighted by atomic mass is 16.4. The Labute approximate surface area is 53.0 Å². The van der Waals surface area contributed by atoms with E-state index in [0.717, 1.165) is 12.8 Å². The highest BCUT2D eigenvalue weighted by Gasteiger charge is 2.28. The number of hydrogen-bond donors (Lipinski definition) is 3.